The second-order valence-electron chi connectivity index (χ2n) is 2.04. The van der Waals surface area contributed by atoms with Crippen molar-refractivity contribution in [3.05, 3.63) is 42.6 Å². The van der Waals surface area contributed by atoms with Gasteiger partial charge < -0.3 is 10.6 Å². The molecule has 3 nitrogen and oxygen atoms in total. The minimum absolute atomic E-state index is 0.708. The Morgan fingerprint density at radius 3 is 2.67 bits per heavy atom. The Kier molecular flexibility index (Phi) is 3.44. The van der Waals surface area contributed by atoms with E-state index in [1.807, 2.05) is 30.3 Å². The van der Waals surface area contributed by atoms with E-state index in [9.17, 15) is 0 Å². The molecule has 0 spiro atoms. The highest BCUT2D eigenvalue weighted by atomic mass is 16.6. The van der Waals surface area contributed by atoms with Gasteiger partial charge in [-0.2, -0.15) is 0 Å². The van der Waals surface area contributed by atoms with E-state index in [0.29, 0.717) is 5.75 Å². The van der Waals surface area contributed by atoms with Crippen molar-refractivity contribution in [1.82, 2.24) is 0 Å². The van der Waals surface area contributed by atoms with E-state index < -0.39 is 0 Å². The molecule has 0 unspecified atom stereocenters. The topological polar surface area (TPSA) is 47.6 Å². The summed E-state index contributed by atoms with van der Waals surface area (Å²) >= 11 is 0. The molecule has 0 aliphatic heterocycles. The third kappa shape index (κ3) is 2.88. The standard InChI is InChI=1S/C9H10N2O/c10-7-4-8-11-12-9-5-2-1-3-6-9/h1-8H,10H2/b7-4-,11-8-. The first-order valence-electron chi connectivity index (χ1n) is 3.56. The molecule has 0 fully saturated rings. The Morgan fingerprint density at radius 1 is 1.25 bits per heavy atom. The fourth-order valence-electron chi connectivity index (χ4n) is 0.657. The zero-order valence-electron chi connectivity index (χ0n) is 6.55. The van der Waals surface area contributed by atoms with Gasteiger partial charge >= 0.3 is 0 Å². The van der Waals surface area contributed by atoms with Crippen LogP contribution in [0.1, 0.15) is 0 Å². The van der Waals surface area contributed by atoms with Crippen molar-refractivity contribution in [2.45, 2.75) is 0 Å². The van der Waals surface area contributed by atoms with Crippen LogP contribution in [0, 0.1) is 0 Å². The van der Waals surface area contributed by atoms with E-state index in [1.165, 1.54) is 12.4 Å². The molecule has 0 aromatic heterocycles. The van der Waals surface area contributed by atoms with Crippen LogP contribution in [-0.4, -0.2) is 6.21 Å². The van der Waals surface area contributed by atoms with Crippen LogP contribution in [0.2, 0.25) is 0 Å². The molecule has 2 N–H and O–H groups in total. The van der Waals surface area contributed by atoms with Crippen LogP contribution < -0.4 is 10.6 Å². The highest BCUT2D eigenvalue weighted by Gasteiger charge is 1.85. The van der Waals surface area contributed by atoms with Crippen molar-refractivity contribution in [2.75, 3.05) is 0 Å². The van der Waals surface area contributed by atoms with Gasteiger partial charge in [-0.3, -0.25) is 0 Å². The van der Waals surface area contributed by atoms with Crippen molar-refractivity contribution in [1.29, 1.82) is 0 Å². The van der Waals surface area contributed by atoms with Crippen LogP contribution in [0.25, 0.3) is 0 Å². The second-order valence-corrected chi connectivity index (χ2v) is 2.04. The molecule has 0 radical (unpaired) electrons. The van der Waals surface area contributed by atoms with Crippen LogP contribution in [-0.2, 0) is 0 Å². The summed E-state index contributed by atoms with van der Waals surface area (Å²) < 4.78 is 0. The average molecular weight is 162 g/mol. The monoisotopic (exact) mass is 162 g/mol. The number of hydrogen-bond donors (Lipinski definition) is 1. The summed E-state index contributed by atoms with van der Waals surface area (Å²) in [4.78, 5) is 4.97. The highest BCUT2D eigenvalue weighted by Crippen LogP contribution is 2.07. The van der Waals surface area contributed by atoms with E-state index in [0.717, 1.165) is 0 Å². The van der Waals surface area contributed by atoms with Crippen molar-refractivity contribution in [3.63, 3.8) is 0 Å². The van der Waals surface area contributed by atoms with E-state index in [4.69, 9.17) is 10.6 Å². The summed E-state index contributed by atoms with van der Waals surface area (Å²) in [6.07, 6.45) is 4.45. The molecule has 12 heavy (non-hydrogen) atoms. The van der Waals surface area contributed by atoms with Gasteiger partial charge in [-0.15, -0.1) is 0 Å². The zero-order chi connectivity index (χ0) is 8.65. The van der Waals surface area contributed by atoms with Gasteiger partial charge in [-0.1, -0.05) is 23.4 Å². The summed E-state index contributed by atoms with van der Waals surface area (Å²) in [7, 11) is 0. The van der Waals surface area contributed by atoms with Gasteiger partial charge in [-0.05, 0) is 24.4 Å². The first-order chi connectivity index (χ1) is 5.93. The Balaban J connectivity index is 2.43. The van der Waals surface area contributed by atoms with Crippen LogP contribution in [0.4, 0.5) is 0 Å². The highest BCUT2D eigenvalue weighted by molar-refractivity contribution is 5.70. The van der Waals surface area contributed by atoms with Gasteiger partial charge in [0.2, 0.25) is 0 Å². The third-order valence-corrected chi connectivity index (χ3v) is 1.16. The van der Waals surface area contributed by atoms with Crippen LogP contribution in [0.5, 0.6) is 5.75 Å². The molecule has 0 aliphatic rings. The number of nitrogens with zero attached hydrogens (tertiary/aromatic N) is 1. The first-order valence-corrected chi connectivity index (χ1v) is 3.56. The second kappa shape index (κ2) is 4.96. The van der Waals surface area contributed by atoms with Crippen molar-refractivity contribution >= 4 is 6.21 Å². The van der Waals surface area contributed by atoms with E-state index in [2.05, 4.69) is 5.16 Å². The summed E-state index contributed by atoms with van der Waals surface area (Å²) in [5.41, 5.74) is 5.08. The fraction of sp³-hybridized carbons (Fsp3) is 0. The number of nitrogens with two attached hydrogens (primary N) is 1. The smallest absolute Gasteiger partial charge is 0.157 e. The molecule has 62 valence electrons. The summed E-state index contributed by atoms with van der Waals surface area (Å²) in [5, 5.41) is 3.64. The van der Waals surface area contributed by atoms with Crippen molar-refractivity contribution in [2.24, 2.45) is 10.9 Å². The van der Waals surface area contributed by atoms with Crippen LogP contribution in [0.15, 0.2) is 47.8 Å². The molecule has 0 saturated heterocycles. The van der Waals surface area contributed by atoms with Gasteiger partial charge in [0, 0.05) is 0 Å². The van der Waals surface area contributed by atoms with Crippen LogP contribution in [0.3, 0.4) is 0 Å². The fourth-order valence-corrected chi connectivity index (χ4v) is 0.657. The maximum absolute atomic E-state index is 5.08. The molecule has 0 atom stereocenters. The lowest BCUT2D eigenvalue weighted by molar-refractivity contribution is 0.344. The van der Waals surface area contributed by atoms with Crippen molar-refractivity contribution in [3.8, 4) is 5.75 Å². The molecule has 1 aromatic carbocycles. The first kappa shape index (κ1) is 8.33. The Labute approximate surface area is 71.1 Å². The molecule has 0 bridgehead atoms. The molecule has 1 rings (SSSR count). The largest absolute Gasteiger partial charge is 0.405 e. The van der Waals surface area contributed by atoms with E-state index in [-0.39, 0.29) is 0 Å². The third-order valence-electron chi connectivity index (χ3n) is 1.16. The number of benzene rings is 1. The predicted octanol–water partition coefficient (Wildman–Crippen LogP) is 1.52. The number of rotatable bonds is 3. The zero-order valence-corrected chi connectivity index (χ0v) is 6.55. The minimum atomic E-state index is 0.708. The molecule has 0 amide bonds. The lowest BCUT2D eigenvalue weighted by atomic mass is 10.3. The van der Waals surface area contributed by atoms with Gasteiger partial charge in [0.15, 0.2) is 5.75 Å². The number of hydrogen-bond acceptors (Lipinski definition) is 3. The number of oxime groups is 1. The summed E-state index contributed by atoms with van der Waals surface area (Å²) in [6, 6.07) is 9.32. The van der Waals surface area contributed by atoms with Gasteiger partial charge in [0.1, 0.15) is 0 Å². The lowest BCUT2D eigenvalue weighted by Crippen LogP contribution is -1.83. The maximum Gasteiger partial charge on any atom is 0.157 e. The maximum atomic E-state index is 5.08. The molecule has 0 aliphatic carbocycles. The summed E-state index contributed by atoms with van der Waals surface area (Å²) in [5.74, 6) is 0.708. The van der Waals surface area contributed by atoms with Crippen molar-refractivity contribution < 1.29 is 4.84 Å². The minimum Gasteiger partial charge on any atom is -0.405 e. The predicted molar refractivity (Wildman–Crippen MR) is 48.9 cm³/mol. The Hall–Kier alpha value is -1.77. The molecule has 3 heteroatoms. The lowest BCUT2D eigenvalue weighted by Gasteiger charge is -1.94. The molecular weight excluding hydrogens is 152 g/mol. The quantitative estimate of drug-likeness (QED) is 0.541. The number of para-hydroxylation sites is 1. The molecule has 0 saturated carbocycles. The molecular formula is C9H10N2O. The van der Waals surface area contributed by atoms with Crippen LogP contribution >= 0.6 is 0 Å². The van der Waals surface area contributed by atoms with E-state index >= 15 is 0 Å². The Bertz CT molecular complexity index is 267. The summed E-state index contributed by atoms with van der Waals surface area (Å²) in [6.45, 7) is 0. The van der Waals surface area contributed by atoms with Gasteiger partial charge in [-0.25, -0.2) is 0 Å². The number of allylic oxidation sites excluding steroid dienone is 1. The van der Waals surface area contributed by atoms with E-state index in [1.54, 1.807) is 6.08 Å². The molecule has 1 aromatic rings. The Morgan fingerprint density at radius 2 is 2.00 bits per heavy atom. The average Bonchev–Trinajstić information content (AvgIpc) is 2.14. The normalized spacial score (nSPS) is 11.0. The van der Waals surface area contributed by atoms with Gasteiger partial charge in [0.25, 0.3) is 0 Å². The SMILES string of the molecule is N/C=C\C=N/Oc1ccccc1. The molecule has 0 heterocycles. The van der Waals surface area contributed by atoms with Gasteiger partial charge in [0.05, 0.1) is 6.21 Å².